The molecule has 0 saturated carbocycles. The van der Waals surface area contributed by atoms with Crippen LogP contribution >= 0.6 is 0 Å². The van der Waals surface area contributed by atoms with Gasteiger partial charge in [0.25, 0.3) is 17.4 Å². The van der Waals surface area contributed by atoms with Gasteiger partial charge < -0.3 is 5.73 Å². The first-order chi connectivity index (χ1) is 10.5. The fraction of sp³-hybridized carbons (Fsp3) is 0. The molecule has 7 nitrogen and oxygen atoms in total. The van der Waals surface area contributed by atoms with E-state index in [4.69, 9.17) is 11.0 Å². The first-order valence-corrected chi connectivity index (χ1v) is 6.06. The summed E-state index contributed by atoms with van der Waals surface area (Å²) in [6.07, 6.45) is 0. The average Bonchev–Trinajstić information content (AvgIpc) is 2.75. The number of nitrogens with two attached hydrogens (primary N) is 1. The van der Waals surface area contributed by atoms with E-state index in [1.807, 2.05) is 5.32 Å². The van der Waals surface area contributed by atoms with Crippen molar-refractivity contribution in [2.45, 2.75) is 0 Å². The van der Waals surface area contributed by atoms with Gasteiger partial charge in [-0.05, 0) is 12.1 Å². The lowest BCUT2D eigenvalue weighted by atomic mass is 10.1. The fourth-order valence-corrected chi connectivity index (χ4v) is 2.34. The van der Waals surface area contributed by atoms with Gasteiger partial charge in [-0.25, -0.2) is 4.39 Å². The highest BCUT2D eigenvalue weighted by molar-refractivity contribution is 6.23. The molecule has 8 heteroatoms. The van der Waals surface area contributed by atoms with Crippen LogP contribution in [0, 0.1) is 17.1 Å². The fourth-order valence-electron chi connectivity index (χ4n) is 2.34. The van der Waals surface area contributed by atoms with Crippen LogP contribution in [0.1, 0.15) is 26.3 Å². The van der Waals surface area contributed by atoms with E-state index in [0.717, 1.165) is 12.1 Å². The van der Waals surface area contributed by atoms with E-state index in [9.17, 15) is 18.8 Å². The van der Waals surface area contributed by atoms with Gasteiger partial charge >= 0.3 is 0 Å². The zero-order valence-electron chi connectivity index (χ0n) is 10.9. The molecule has 1 aromatic heterocycles. The Kier molecular flexibility index (Phi) is 2.78. The maximum absolute atomic E-state index is 14.1. The number of rotatable bonds is 1. The largest absolute Gasteiger partial charge is 0.384 e. The highest BCUT2D eigenvalue weighted by Gasteiger charge is 2.32. The van der Waals surface area contributed by atoms with Crippen molar-refractivity contribution in [2.24, 2.45) is 0 Å². The van der Waals surface area contributed by atoms with Crippen LogP contribution in [0.15, 0.2) is 29.1 Å². The van der Waals surface area contributed by atoms with Crippen molar-refractivity contribution in [3.05, 3.63) is 57.1 Å². The molecule has 0 unspecified atom stereocenters. The number of fused-ring (bicyclic) bond motifs is 1. The van der Waals surface area contributed by atoms with Crippen LogP contribution in [-0.4, -0.2) is 16.4 Å². The maximum Gasteiger partial charge on any atom is 0.262 e. The number of carbonyl (C=O) groups is 2. The molecule has 2 heterocycles. The SMILES string of the molecule is N#Cc1cccc(F)c1-n1c(N)c2c(cc1=O)C(=O)NC2=O. The first-order valence-electron chi connectivity index (χ1n) is 6.06. The molecule has 0 bridgehead atoms. The minimum Gasteiger partial charge on any atom is -0.384 e. The van der Waals surface area contributed by atoms with Crippen molar-refractivity contribution >= 4 is 17.6 Å². The summed E-state index contributed by atoms with van der Waals surface area (Å²) in [5, 5.41) is 11.1. The lowest BCUT2D eigenvalue weighted by Crippen LogP contribution is -2.25. The second-order valence-corrected chi connectivity index (χ2v) is 4.52. The van der Waals surface area contributed by atoms with Gasteiger partial charge in [-0.3, -0.25) is 24.3 Å². The lowest BCUT2D eigenvalue weighted by molar-refractivity contribution is 0.0880. The van der Waals surface area contributed by atoms with Crippen LogP contribution < -0.4 is 16.6 Å². The molecule has 3 rings (SSSR count). The number of anilines is 1. The predicted molar refractivity (Wildman–Crippen MR) is 72.9 cm³/mol. The Morgan fingerprint density at radius 2 is 1.95 bits per heavy atom. The minimum atomic E-state index is -0.850. The molecule has 0 radical (unpaired) electrons. The zero-order chi connectivity index (χ0) is 16.0. The predicted octanol–water partition coefficient (Wildman–Crippen LogP) is 0.314. The smallest absolute Gasteiger partial charge is 0.262 e. The number of nitriles is 1. The lowest BCUT2D eigenvalue weighted by Gasteiger charge is -2.13. The monoisotopic (exact) mass is 298 g/mol. The van der Waals surface area contributed by atoms with Crippen LogP contribution in [0.5, 0.6) is 0 Å². The zero-order valence-corrected chi connectivity index (χ0v) is 10.9. The number of carbonyl (C=O) groups excluding carboxylic acids is 2. The number of para-hydroxylation sites is 1. The summed E-state index contributed by atoms with van der Waals surface area (Å²) in [6, 6.07) is 6.31. The minimum absolute atomic E-state index is 0.126. The van der Waals surface area contributed by atoms with Crippen molar-refractivity contribution in [1.82, 2.24) is 9.88 Å². The number of imide groups is 1. The third-order valence-corrected chi connectivity index (χ3v) is 3.28. The third kappa shape index (κ3) is 1.69. The molecule has 2 aromatic rings. The average molecular weight is 298 g/mol. The molecular formula is C14H7FN4O3. The Labute approximate surface area is 122 Å². The van der Waals surface area contributed by atoms with E-state index in [1.54, 1.807) is 6.07 Å². The van der Waals surface area contributed by atoms with E-state index in [-0.39, 0.29) is 22.4 Å². The summed E-state index contributed by atoms with van der Waals surface area (Å²) < 4.78 is 14.8. The molecule has 2 amide bonds. The van der Waals surface area contributed by atoms with Gasteiger partial charge in [-0.15, -0.1) is 0 Å². The number of nitrogens with zero attached hydrogens (tertiary/aromatic N) is 2. The Bertz CT molecular complexity index is 956. The molecule has 0 spiro atoms. The molecule has 0 atom stereocenters. The molecule has 1 aliphatic heterocycles. The van der Waals surface area contributed by atoms with Gasteiger partial charge in [-0.2, -0.15) is 5.26 Å². The maximum atomic E-state index is 14.1. The highest BCUT2D eigenvalue weighted by atomic mass is 19.1. The molecular weight excluding hydrogens is 291 g/mol. The van der Waals surface area contributed by atoms with E-state index >= 15 is 0 Å². The molecule has 3 N–H and O–H groups in total. The molecule has 1 aliphatic rings. The summed E-state index contributed by atoms with van der Waals surface area (Å²) in [4.78, 5) is 35.5. The summed E-state index contributed by atoms with van der Waals surface area (Å²) in [6.45, 7) is 0. The number of hydrogen-bond acceptors (Lipinski definition) is 5. The standard InChI is InChI=1S/C14H7FN4O3/c15-8-3-1-2-6(5-16)11(8)19-9(20)4-7-10(12(19)17)14(22)18-13(7)21/h1-4H,17H2,(H,18,21,22). The Hall–Kier alpha value is -3.47. The quantitative estimate of drug-likeness (QED) is 0.735. The van der Waals surface area contributed by atoms with Gasteiger partial charge in [0.15, 0.2) is 0 Å². The second kappa shape index (κ2) is 4.53. The van der Waals surface area contributed by atoms with Crippen molar-refractivity contribution < 1.29 is 14.0 Å². The van der Waals surface area contributed by atoms with Gasteiger partial charge in [0.05, 0.1) is 16.7 Å². The number of nitrogen functional groups attached to an aromatic ring is 1. The van der Waals surface area contributed by atoms with E-state index in [1.165, 1.54) is 12.1 Å². The number of halogens is 1. The number of amides is 2. The van der Waals surface area contributed by atoms with Crippen LogP contribution in [0.3, 0.4) is 0 Å². The van der Waals surface area contributed by atoms with Crippen molar-refractivity contribution in [3.63, 3.8) is 0 Å². The van der Waals surface area contributed by atoms with Crippen LogP contribution in [-0.2, 0) is 0 Å². The number of aromatic nitrogens is 1. The number of nitrogens with one attached hydrogen (secondary N) is 1. The Balaban J connectivity index is 2.44. The first kappa shape index (κ1) is 13.5. The third-order valence-electron chi connectivity index (χ3n) is 3.28. The molecule has 1 aromatic carbocycles. The van der Waals surface area contributed by atoms with Crippen LogP contribution in [0.4, 0.5) is 10.2 Å². The normalized spacial score (nSPS) is 12.7. The molecule has 22 heavy (non-hydrogen) atoms. The Morgan fingerprint density at radius 1 is 1.23 bits per heavy atom. The second-order valence-electron chi connectivity index (χ2n) is 4.52. The highest BCUT2D eigenvalue weighted by Crippen LogP contribution is 2.25. The molecule has 0 fully saturated rings. The van der Waals surface area contributed by atoms with Crippen molar-refractivity contribution in [1.29, 1.82) is 5.26 Å². The van der Waals surface area contributed by atoms with E-state index < -0.39 is 29.0 Å². The van der Waals surface area contributed by atoms with E-state index in [2.05, 4.69) is 0 Å². The van der Waals surface area contributed by atoms with Crippen LogP contribution in [0.25, 0.3) is 5.69 Å². The molecule has 0 saturated heterocycles. The van der Waals surface area contributed by atoms with Gasteiger partial charge in [0.1, 0.15) is 23.4 Å². The van der Waals surface area contributed by atoms with E-state index in [0.29, 0.717) is 4.57 Å². The molecule has 0 aliphatic carbocycles. The van der Waals surface area contributed by atoms with Crippen molar-refractivity contribution in [2.75, 3.05) is 5.73 Å². The number of pyridine rings is 1. The van der Waals surface area contributed by atoms with Crippen LogP contribution in [0.2, 0.25) is 0 Å². The summed E-state index contributed by atoms with van der Waals surface area (Å²) >= 11 is 0. The van der Waals surface area contributed by atoms with Gasteiger partial charge in [0, 0.05) is 6.07 Å². The van der Waals surface area contributed by atoms with Gasteiger partial charge in [-0.1, -0.05) is 6.07 Å². The number of hydrogen-bond donors (Lipinski definition) is 2. The summed E-state index contributed by atoms with van der Waals surface area (Å²) in [5.74, 6) is -2.77. The number of benzene rings is 1. The van der Waals surface area contributed by atoms with Gasteiger partial charge in [0.2, 0.25) is 0 Å². The summed E-state index contributed by atoms with van der Waals surface area (Å²) in [5.41, 5.74) is 4.10. The Morgan fingerprint density at radius 3 is 2.64 bits per heavy atom. The topological polar surface area (TPSA) is 118 Å². The van der Waals surface area contributed by atoms with Crippen molar-refractivity contribution in [3.8, 4) is 11.8 Å². The summed E-state index contributed by atoms with van der Waals surface area (Å²) in [7, 11) is 0. The molecule has 108 valence electrons.